The standard InChI is InChI=1S/C32H44N4O13/c1-2-43-13-14-45-17-18-47-20-19-46-16-15-44-12-11-36(27(29(39)40)21-28(37)38)32(42)48-22-23-3-9-26(10-4-23)49-30(41)24-5-7-25(8-6-24)35-31(33)34/h3-10,27H,2,11-22H2,1H3,(H,37,38)(H,39,40)(H4,33,34,35). The van der Waals surface area contributed by atoms with E-state index >= 15 is 0 Å². The molecule has 2 aromatic rings. The van der Waals surface area contributed by atoms with Crippen molar-refractivity contribution in [1.82, 2.24) is 4.90 Å². The molecule has 1 amide bonds. The van der Waals surface area contributed by atoms with Crippen LogP contribution in [0.1, 0.15) is 29.3 Å². The van der Waals surface area contributed by atoms with Gasteiger partial charge in [-0.25, -0.2) is 19.4 Å². The molecule has 1 atom stereocenters. The van der Waals surface area contributed by atoms with Crippen LogP contribution in [0.3, 0.4) is 0 Å². The minimum atomic E-state index is -1.69. The molecule has 0 saturated heterocycles. The first kappa shape index (κ1) is 40.4. The molecular weight excluding hydrogens is 648 g/mol. The Balaban J connectivity index is 1.79. The van der Waals surface area contributed by atoms with Gasteiger partial charge in [0.15, 0.2) is 5.96 Å². The van der Waals surface area contributed by atoms with E-state index in [1.165, 1.54) is 24.3 Å². The van der Waals surface area contributed by atoms with E-state index in [4.69, 9.17) is 44.6 Å². The van der Waals surface area contributed by atoms with Crippen LogP contribution in [0, 0.1) is 0 Å². The van der Waals surface area contributed by atoms with Gasteiger partial charge in [0.25, 0.3) is 0 Å². The van der Waals surface area contributed by atoms with Crippen molar-refractivity contribution in [3.63, 3.8) is 0 Å². The van der Waals surface area contributed by atoms with Gasteiger partial charge < -0.3 is 54.8 Å². The first-order valence-electron chi connectivity index (χ1n) is 15.4. The molecular formula is C32H44N4O13. The van der Waals surface area contributed by atoms with Crippen LogP contribution >= 0.6 is 0 Å². The van der Waals surface area contributed by atoms with Crippen LogP contribution in [0.4, 0.5) is 10.5 Å². The second kappa shape index (κ2) is 23.5. The van der Waals surface area contributed by atoms with Gasteiger partial charge in [-0.05, 0) is 48.9 Å². The van der Waals surface area contributed by atoms with Gasteiger partial charge in [0.2, 0.25) is 0 Å². The monoisotopic (exact) mass is 692 g/mol. The van der Waals surface area contributed by atoms with Crippen LogP contribution in [-0.2, 0) is 44.6 Å². The molecule has 270 valence electrons. The number of nitrogens with two attached hydrogens (primary N) is 2. The van der Waals surface area contributed by atoms with Crippen LogP contribution in [0.2, 0.25) is 0 Å². The fraction of sp³-hybridized carbons (Fsp3) is 0.469. The summed E-state index contributed by atoms with van der Waals surface area (Å²) in [6, 6.07) is 10.5. The number of hydrogen-bond donors (Lipinski definition) is 4. The van der Waals surface area contributed by atoms with Gasteiger partial charge in [0.1, 0.15) is 18.4 Å². The highest BCUT2D eigenvalue weighted by Crippen LogP contribution is 2.18. The van der Waals surface area contributed by atoms with Crippen molar-refractivity contribution in [2.75, 3.05) is 72.6 Å². The van der Waals surface area contributed by atoms with Gasteiger partial charge in [-0.3, -0.25) is 9.69 Å². The third-order valence-electron chi connectivity index (χ3n) is 6.29. The second-order valence-corrected chi connectivity index (χ2v) is 9.96. The first-order chi connectivity index (χ1) is 23.6. The average Bonchev–Trinajstić information content (AvgIpc) is 3.06. The van der Waals surface area contributed by atoms with E-state index in [-0.39, 0.29) is 50.2 Å². The van der Waals surface area contributed by atoms with Crippen LogP contribution in [-0.4, -0.2) is 124 Å². The van der Waals surface area contributed by atoms with Crippen molar-refractivity contribution in [1.29, 1.82) is 0 Å². The number of rotatable bonds is 25. The normalized spacial score (nSPS) is 11.4. The summed E-state index contributed by atoms with van der Waals surface area (Å²) >= 11 is 0. The smallest absolute Gasteiger partial charge is 0.410 e. The number of ether oxygens (including phenoxy) is 7. The van der Waals surface area contributed by atoms with Gasteiger partial charge in [-0.2, -0.15) is 0 Å². The lowest BCUT2D eigenvalue weighted by Crippen LogP contribution is -2.48. The Bertz CT molecular complexity index is 1320. The summed E-state index contributed by atoms with van der Waals surface area (Å²) in [5.41, 5.74) is 11.9. The van der Waals surface area contributed by atoms with Crippen molar-refractivity contribution in [3.05, 3.63) is 59.7 Å². The molecule has 2 rings (SSSR count). The van der Waals surface area contributed by atoms with E-state index in [1.807, 2.05) is 6.92 Å². The van der Waals surface area contributed by atoms with Crippen LogP contribution in [0.25, 0.3) is 0 Å². The number of carboxylic acid groups (broad SMARTS) is 2. The van der Waals surface area contributed by atoms with Crippen LogP contribution in [0.5, 0.6) is 5.75 Å². The molecule has 17 nitrogen and oxygen atoms in total. The van der Waals surface area contributed by atoms with Crippen molar-refractivity contribution < 1.29 is 62.5 Å². The van der Waals surface area contributed by atoms with E-state index in [1.54, 1.807) is 24.3 Å². The number of guanidine groups is 1. The third kappa shape index (κ3) is 17.2. The van der Waals surface area contributed by atoms with E-state index < -0.39 is 36.5 Å². The van der Waals surface area contributed by atoms with E-state index in [0.29, 0.717) is 57.5 Å². The molecule has 1 unspecified atom stereocenters. The summed E-state index contributed by atoms with van der Waals surface area (Å²) in [7, 11) is 0. The Morgan fingerprint density at radius 2 is 1.29 bits per heavy atom. The number of benzene rings is 2. The minimum absolute atomic E-state index is 0.103. The zero-order valence-corrected chi connectivity index (χ0v) is 27.3. The maximum atomic E-state index is 12.9. The molecule has 2 aromatic carbocycles. The summed E-state index contributed by atoms with van der Waals surface area (Å²) in [4.78, 5) is 53.2. The summed E-state index contributed by atoms with van der Waals surface area (Å²) in [5, 5.41) is 18.8. The number of hydrogen-bond acceptors (Lipinski definition) is 12. The number of aliphatic carboxylic acids is 2. The molecule has 6 N–H and O–H groups in total. The molecule has 0 saturated carbocycles. The molecule has 0 fully saturated rings. The number of carbonyl (C=O) groups excluding carboxylic acids is 2. The fourth-order valence-electron chi connectivity index (χ4n) is 3.93. The van der Waals surface area contributed by atoms with Gasteiger partial charge in [0.05, 0.1) is 77.1 Å². The molecule has 0 aliphatic heterocycles. The van der Waals surface area contributed by atoms with Crippen LogP contribution in [0.15, 0.2) is 53.5 Å². The highest BCUT2D eigenvalue weighted by molar-refractivity contribution is 5.91. The van der Waals surface area contributed by atoms with Crippen molar-refractivity contribution in [2.45, 2.75) is 26.0 Å². The highest BCUT2D eigenvalue weighted by atomic mass is 16.6. The number of aliphatic imine (C=N–C) groups is 1. The Kier molecular flexibility index (Phi) is 19.4. The third-order valence-corrected chi connectivity index (χ3v) is 6.29. The van der Waals surface area contributed by atoms with Gasteiger partial charge >= 0.3 is 24.0 Å². The molecule has 49 heavy (non-hydrogen) atoms. The number of carboxylic acids is 2. The lowest BCUT2D eigenvalue weighted by atomic mass is 10.2. The quantitative estimate of drug-likeness (QED) is 0.0381. The Labute approximate surface area is 283 Å². The Hall–Kier alpha value is -4.81. The Morgan fingerprint density at radius 3 is 1.78 bits per heavy atom. The second-order valence-electron chi connectivity index (χ2n) is 9.96. The summed E-state index contributed by atoms with van der Waals surface area (Å²) in [5.74, 6) is -3.45. The average molecular weight is 693 g/mol. The fourth-order valence-corrected chi connectivity index (χ4v) is 3.93. The largest absolute Gasteiger partial charge is 0.481 e. The maximum Gasteiger partial charge on any atom is 0.410 e. The number of nitrogens with zero attached hydrogens (tertiary/aromatic N) is 2. The van der Waals surface area contributed by atoms with Gasteiger partial charge in [-0.15, -0.1) is 0 Å². The molecule has 0 heterocycles. The SMILES string of the molecule is CCOCCOCCOCCOCCOCCN(C(=O)OCc1ccc(OC(=O)c2ccc(N=C(N)N)cc2)cc1)C(CC(=O)O)C(=O)O. The maximum absolute atomic E-state index is 12.9. The molecule has 0 spiro atoms. The topological polar surface area (TPSA) is 241 Å². The van der Waals surface area contributed by atoms with Crippen molar-refractivity contribution >= 4 is 35.6 Å². The number of amides is 1. The first-order valence-corrected chi connectivity index (χ1v) is 15.4. The summed E-state index contributed by atoms with van der Waals surface area (Å²) in [6.07, 6.45) is -1.89. The molecule has 17 heteroatoms. The number of carbonyl (C=O) groups is 4. The van der Waals surface area contributed by atoms with E-state index in [9.17, 15) is 29.4 Å². The van der Waals surface area contributed by atoms with Crippen molar-refractivity contribution in [3.8, 4) is 5.75 Å². The van der Waals surface area contributed by atoms with E-state index in [0.717, 1.165) is 4.90 Å². The predicted octanol–water partition coefficient (Wildman–Crippen LogP) is 1.78. The number of esters is 1. The molecule has 0 aliphatic carbocycles. The zero-order chi connectivity index (χ0) is 35.9. The van der Waals surface area contributed by atoms with Crippen LogP contribution < -0.4 is 16.2 Å². The zero-order valence-electron chi connectivity index (χ0n) is 27.3. The highest BCUT2D eigenvalue weighted by Gasteiger charge is 2.32. The van der Waals surface area contributed by atoms with E-state index in [2.05, 4.69) is 4.99 Å². The summed E-state index contributed by atoms with van der Waals surface area (Å²) in [6.45, 7) is 4.85. The lowest BCUT2D eigenvalue weighted by Gasteiger charge is -2.27. The van der Waals surface area contributed by atoms with Gasteiger partial charge in [-0.1, -0.05) is 12.1 Å². The minimum Gasteiger partial charge on any atom is -0.481 e. The lowest BCUT2D eigenvalue weighted by molar-refractivity contribution is -0.149. The predicted molar refractivity (Wildman–Crippen MR) is 174 cm³/mol. The Morgan fingerprint density at radius 1 is 0.755 bits per heavy atom. The van der Waals surface area contributed by atoms with Gasteiger partial charge in [0, 0.05) is 13.2 Å². The molecule has 0 radical (unpaired) electrons. The van der Waals surface area contributed by atoms with Crippen molar-refractivity contribution in [2.24, 2.45) is 16.5 Å². The molecule has 0 bridgehead atoms. The molecule has 0 aromatic heterocycles. The summed E-state index contributed by atoms with van der Waals surface area (Å²) < 4.78 is 37.4. The molecule has 0 aliphatic rings.